The Morgan fingerprint density at radius 1 is 1.38 bits per heavy atom. The van der Waals surface area contributed by atoms with Crippen LogP contribution in [0.25, 0.3) is 0 Å². The minimum Gasteiger partial charge on any atom is -0.472 e. The number of hydrogen-bond donors (Lipinski definition) is 1. The Hall–Kier alpha value is -1.61. The number of rotatable bonds is 3. The van der Waals surface area contributed by atoms with Crippen molar-refractivity contribution < 1.29 is 4.42 Å². The van der Waals surface area contributed by atoms with E-state index in [0.29, 0.717) is 10.7 Å². The summed E-state index contributed by atoms with van der Waals surface area (Å²) in [6, 6.07) is 7.44. The van der Waals surface area contributed by atoms with E-state index >= 15 is 0 Å². The molecule has 0 unspecified atom stereocenters. The van der Waals surface area contributed by atoms with Crippen molar-refractivity contribution in [2.24, 2.45) is 0 Å². The number of anilines is 2. The highest BCUT2D eigenvalue weighted by molar-refractivity contribution is 6.33. The van der Waals surface area contributed by atoms with E-state index in [9.17, 15) is 0 Å². The van der Waals surface area contributed by atoms with Gasteiger partial charge in [-0.2, -0.15) is 0 Å². The van der Waals surface area contributed by atoms with Crippen LogP contribution in [0.2, 0.25) is 5.02 Å². The van der Waals surface area contributed by atoms with Crippen LogP contribution in [0.3, 0.4) is 0 Å². The average Bonchev–Trinajstić information content (AvgIpc) is 2.70. The van der Waals surface area contributed by atoms with Gasteiger partial charge in [0.2, 0.25) is 0 Å². The molecule has 0 aliphatic heterocycles. The molecule has 2 aromatic rings. The molecule has 0 aliphatic rings. The second-order valence-corrected chi connectivity index (χ2v) is 4.11. The molecule has 0 saturated heterocycles. The van der Waals surface area contributed by atoms with Crippen molar-refractivity contribution in [1.82, 2.24) is 0 Å². The van der Waals surface area contributed by atoms with Gasteiger partial charge in [0.15, 0.2) is 0 Å². The van der Waals surface area contributed by atoms with Crippen LogP contribution in [0.5, 0.6) is 0 Å². The van der Waals surface area contributed by atoms with Crippen molar-refractivity contribution in [3.63, 3.8) is 0 Å². The average molecular weight is 237 g/mol. The summed E-state index contributed by atoms with van der Waals surface area (Å²) in [7, 11) is 1.98. The van der Waals surface area contributed by atoms with Gasteiger partial charge in [0.1, 0.15) is 0 Å². The van der Waals surface area contributed by atoms with Crippen molar-refractivity contribution in [2.75, 3.05) is 17.7 Å². The molecule has 0 bridgehead atoms. The summed E-state index contributed by atoms with van der Waals surface area (Å²) in [5, 5.41) is 0.658. The zero-order valence-corrected chi connectivity index (χ0v) is 9.74. The number of nitrogen functional groups attached to an aromatic ring is 1. The van der Waals surface area contributed by atoms with E-state index in [1.165, 1.54) is 0 Å². The summed E-state index contributed by atoms with van der Waals surface area (Å²) in [6.07, 6.45) is 3.38. The third kappa shape index (κ3) is 2.31. The second kappa shape index (κ2) is 4.49. The first-order chi connectivity index (χ1) is 7.66. The Labute approximate surface area is 99.4 Å². The van der Waals surface area contributed by atoms with Gasteiger partial charge in [-0.15, -0.1) is 0 Å². The number of furan rings is 1. The van der Waals surface area contributed by atoms with Crippen LogP contribution >= 0.6 is 11.6 Å². The first-order valence-electron chi connectivity index (χ1n) is 4.94. The molecule has 1 aromatic carbocycles. The molecule has 0 spiro atoms. The van der Waals surface area contributed by atoms with E-state index in [1.807, 2.05) is 30.1 Å². The van der Waals surface area contributed by atoms with Gasteiger partial charge in [0, 0.05) is 24.8 Å². The number of nitrogens with zero attached hydrogens (tertiary/aromatic N) is 1. The van der Waals surface area contributed by atoms with Crippen LogP contribution in [-0.2, 0) is 6.54 Å². The van der Waals surface area contributed by atoms with Gasteiger partial charge in [0.05, 0.1) is 23.2 Å². The van der Waals surface area contributed by atoms with Crippen LogP contribution in [0.1, 0.15) is 5.56 Å². The third-order valence-corrected chi connectivity index (χ3v) is 2.69. The van der Waals surface area contributed by atoms with Crippen molar-refractivity contribution in [3.05, 3.63) is 47.4 Å². The number of hydrogen-bond acceptors (Lipinski definition) is 3. The molecule has 0 amide bonds. The first kappa shape index (κ1) is 10.9. The molecule has 2 rings (SSSR count). The van der Waals surface area contributed by atoms with Crippen molar-refractivity contribution in [2.45, 2.75) is 6.54 Å². The number of halogens is 1. The zero-order chi connectivity index (χ0) is 11.5. The summed E-state index contributed by atoms with van der Waals surface area (Å²) in [4.78, 5) is 2.05. The van der Waals surface area contributed by atoms with E-state index in [2.05, 4.69) is 0 Å². The molecule has 1 heterocycles. The molecule has 3 nitrogen and oxygen atoms in total. The van der Waals surface area contributed by atoms with Crippen LogP contribution in [0.15, 0.2) is 41.2 Å². The highest BCUT2D eigenvalue weighted by atomic mass is 35.5. The maximum atomic E-state index is 6.12. The minimum absolute atomic E-state index is 0.658. The van der Waals surface area contributed by atoms with Crippen LogP contribution in [0, 0.1) is 0 Å². The normalized spacial score (nSPS) is 10.4. The van der Waals surface area contributed by atoms with E-state index in [4.69, 9.17) is 21.8 Å². The van der Waals surface area contributed by atoms with Gasteiger partial charge in [-0.05, 0) is 24.3 Å². The fourth-order valence-electron chi connectivity index (χ4n) is 1.57. The SMILES string of the molecule is CN(Cc1ccoc1)c1ccc(N)cc1Cl. The zero-order valence-electron chi connectivity index (χ0n) is 8.98. The predicted molar refractivity (Wildman–Crippen MR) is 66.7 cm³/mol. The monoisotopic (exact) mass is 236 g/mol. The molecule has 84 valence electrons. The predicted octanol–water partition coefficient (Wildman–Crippen LogP) is 3.15. The molecule has 16 heavy (non-hydrogen) atoms. The summed E-state index contributed by atoms with van der Waals surface area (Å²) in [6.45, 7) is 0.750. The smallest absolute Gasteiger partial charge is 0.0952 e. The Balaban J connectivity index is 2.17. The van der Waals surface area contributed by atoms with Gasteiger partial charge in [-0.3, -0.25) is 0 Å². The van der Waals surface area contributed by atoms with Crippen molar-refractivity contribution in [1.29, 1.82) is 0 Å². The standard InChI is InChI=1S/C12H13ClN2O/c1-15(7-9-4-5-16-8-9)12-3-2-10(14)6-11(12)13/h2-6,8H,7,14H2,1H3. The van der Waals surface area contributed by atoms with Gasteiger partial charge in [0.25, 0.3) is 0 Å². The molecule has 0 saturated carbocycles. The Kier molecular flexibility index (Phi) is 3.06. The lowest BCUT2D eigenvalue weighted by molar-refractivity contribution is 0.563. The number of benzene rings is 1. The lowest BCUT2D eigenvalue weighted by Crippen LogP contribution is -2.16. The summed E-state index contributed by atoms with van der Waals surface area (Å²) >= 11 is 6.12. The Bertz CT molecular complexity index is 468. The maximum absolute atomic E-state index is 6.12. The second-order valence-electron chi connectivity index (χ2n) is 3.70. The molecule has 1 aromatic heterocycles. The molecule has 0 atom stereocenters. The largest absolute Gasteiger partial charge is 0.472 e. The first-order valence-corrected chi connectivity index (χ1v) is 5.32. The van der Waals surface area contributed by atoms with E-state index < -0.39 is 0 Å². The fourth-order valence-corrected chi connectivity index (χ4v) is 1.91. The van der Waals surface area contributed by atoms with Crippen LogP contribution < -0.4 is 10.6 Å². The summed E-state index contributed by atoms with van der Waals surface area (Å²) in [5.74, 6) is 0. The molecule has 0 radical (unpaired) electrons. The van der Waals surface area contributed by atoms with Crippen molar-refractivity contribution >= 4 is 23.0 Å². The summed E-state index contributed by atoms with van der Waals surface area (Å²) in [5.41, 5.74) is 8.38. The quantitative estimate of drug-likeness (QED) is 0.833. The van der Waals surface area contributed by atoms with E-state index in [-0.39, 0.29) is 0 Å². The lowest BCUT2D eigenvalue weighted by Gasteiger charge is -2.19. The minimum atomic E-state index is 0.658. The van der Waals surface area contributed by atoms with Gasteiger partial charge < -0.3 is 15.1 Å². The van der Waals surface area contributed by atoms with Gasteiger partial charge in [-0.1, -0.05) is 11.6 Å². The Morgan fingerprint density at radius 2 is 2.19 bits per heavy atom. The van der Waals surface area contributed by atoms with Crippen LogP contribution in [-0.4, -0.2) is 7.05 Å². The third-order valence-electron chi connectivity index (χ3n) is 2.38. The molecular formula is C12H13ClN2O. The van der Waals surface area contributed by atoms with Gasteiger partial charge >= 0.3 is 0 Å². The highest BCUT2D eigenvalue weighted by Crippen LogP contribution is 2.27. The molecular weight excluding hydrogens is 224 g/mol. The molecule has 2 N–H and O–H groups in total. The van der Waals surface area contributed by atoms with Gasteiger partial charge in [-0.25, -0.2) is 0 Å². The molecule has 0 aliphatic carbocycles. The van der Waals surface area contributed by atoms with E-state index in [1.54, 1.807) is 18.6 Å². The Morgan fingerprint density at radius 3 is 2.81 bits per heavy atom. The molecule has 4 heteroatoms. The fraction of sp³-hybridized carbons (Fsp3) is 0.167. The van der Waals surface area contributed by atoms with Crippen LogP contribution in [0.4, 0.5) is 11.4 Å². The molecule has 0 fully saturated rings. The topological polar surface area (TPSA) is 42.4 Å². The number of nitrogens with two attached hydrogens (primary N) is 1. The highest BCUT2D eigenvalue weighted by Gasteiger charge is 2.07. The summed E-state index contributed by atoms with van der Waals surface area (Å²) < 4.78 is 5.02. The van der Waals surface area contributed by atoms with E-state index in [0.717, 1.165) is 17.8 Å². The maximum Gasteiger partial charge on any atom is 0.0952 e. The van der Waals surface area contributed by atoms with Crippen molar-refractivity contribution in [3.8, 4) is 0 Å². The lowest BCUT2D eigenvalue weighted by atomic mass is 10.2.